The first kappa shape index (κ1) is 23.0. The van der Waals surface area contributed by atoms with Crippen LogP contribution >= 0.6 is 31.9 Å². The summed E-state index contributed by atoms with van der Waals surface area (Å²) in [6, 6.07) is 4.75. The number of nitro groups is 2. The number of ether oxygens (including phenoxy) is 2. The minimum absolute atomic E-state index is 0.00299. The van der Waals surface area contributed by atoms with Crippen LogP contribution in [0, 0.1) is 20.2 Å². The molecule has 0 unspecified atom stereocenters. The van der Waals surface area contributed by atoms with Crippen molar-refractivity contribution in [1.29, 1.82) is 0 Å². The summed E-state index contributed by atoms with van der Waals surface area (Å²) in [4.78, 5) is 32.3. The zero-order valence-corrected chi connectivity index (χ0v) is 18.2. The van der Waals surface area contributed by atoms with Gasteiger partial charge < -0.3 is 14.6 Å². The van der Waals surface area contributed by atoms with Gasteiger partial charge in [0, 0.05) is 0 Å². The van der Waals surface area contributed by atoms with Gasteiger partial charge >= 0.3 is 5.69 Å². The molecule has 0 aliphatic heterocycles. The summed E-state index contributed by atoms with van der Waals surface area (Å²) >= 11 is 6.31. The highest BCUT2D eigenvalue weighted by Crippen LogP contribution is 2.40. The van der Waals surface area contributed by atoms with Gasteiger partial charge in [0.25, 0.3) is 11.6 Å². The fraction of sp³-hybridized carbons (Fsp3) is 0.125. The van der Waals surface area contributed by atoms with Gasteiger partial charge in [-0.05, 0) is 49.6 Å². The normalized spacial score (nSPS) is 10.6. The molecule has 0 saturated carbocycles. The Morgan fingerprint density at radius 1 is 1.20 bits per heavy atom. The Morgan fingerprint density at radius 2 is 1.83 bits per heavy atom. The first-order valence-electron chi connectivity index (χ1n) is 7.77. The van der Waals surface area contributed by atoms with E-state index in [0.29, 0.717) is 20.6 Å². The molecule has 30 heavy (non-hydrogen) atoms. The van der Waals surface area contributed by atoms with Crippen molar-refractivity contribution < 1.29 is 29.2 Å². The molecule has 0 saturated heterocycles. The Labute approximate surface area is 185 Å². The molecule has 0 fully saturated rings. The average molecular weight is 548 g/mol. The van der Waals surface area contributed by atoms with Crippen molar-refractivity contribution in [2.24, 2.45) is 5.10 Å². The van der Waals surface area contributed by atoms with Gasteiger partial charge in [0.2, 0.25) is 5.75 Å². The number of non-ortho nitro benzene ring substituents is 1. The third kappa shape index (κ3) is 5.64. The largest absolute Gasteiger partial charge is 0.506 e. The number of carbonyl (C=O) groups is 1. The second-order valence-electron chi connectivity index (χ2n) is 5.43. The van der Waals surface area contributed by atoms with Gasteiger partial charge in [0.05, 0.1) is 44.2 Å². The van der Waals surface area contributed by atoms with E-state index in [-0.39, 0.29) is 11.5 Å². The highest BCUT2D eigenvalue weighted by Gasteiger charge is 2.27. The molecular weight excluding hydrogens is 536 g/mol. The molecule has 0 aromatic heterocycles. The molecule has 0 bridgehead atoms. The van der Waals surface area contributed by atoms with Crippen LogP contribution in [0.1, 0.15) is 5.56 Å². The number of hydrazone groups is 1. The van der Waals surface area contributed by atoms with Crippen molar-refractivity contribution in [2.45, 2.75) is 0 Å². The smallest absolute Gasteiger partial charge is 0.321 e. The minimum Gasteiger partial charge on any atom is -0.506 e. The maximum atomic E-state index is 11.9. The maximum absolute atomic E-state index is 11.9. The topological polar surface area (TPSA) is 166 Å². The highest BCUT2D eigenvalue weighted by atomic mass is 79.9. The lowest BCUT2D eigenvalue weighted by Gasteiger charge is -2.10. The second-order valence-corrected chi connectivity index (χ2v) is 7.13. The first-order chi connectivity index (χ1) is 14.1. The number of hydrogen-bond donors (Lipinski definition) is 2. The Kier molecular flexibility index (Phi) is 7.66. The van der Waals surface area contributed by atoms with Crippen LogP contribution in [-0.4, -0.2) is 40.8 Å². The van der Waals surface area contributed by atoms with Crippen LogP contribution in [0.5, 0.6) is 17.2 Å². The van der Waals surface area contributed by atoms with Crippen LogP contribution in [0.25, 0.3) is 0 Å². The van der Waals surface area contributed by atoms with Crippen molar-refractivity contribution in [1.82, 2.24) is 5.43 Å². The SMILES string of the molecule is COc1cc([N+](=O)[O-])cc([N+](=O)[O-])c1OCC(=O)NN=Cc1cc(Br)c(O)c(Br)c1. The summed E-state index contributed by atoms with van der Waals surface area (Å²) in [5, 5.41) is 35.5. The molecule has 0 spiro atoms. The number of aromatic hydroxyl groups is 1. The van der Waals surface area contributed by atoms with Crippen LogP contribution in [0.3, 0.4) is 0 Å². The number of amides is 1. The van der Waals surface area contributed by atoms with Crippen molar-refractivity contribution in [3.05, 3.63) is 59.0 Å². The Balaban J connectivity index is 2.10. The number of rotatable bonds is 8. The average Bonchev–Trinajstić information content (AvgIpc) is 2.69. The number of hydrogen-bond acceptors (Lipinski definition) is 9. The van der Waals surface area contributed by atoms with E-state index in [9.17, 15) is 30.1 Å². The summed E-state index contributed by atoms with van der Waals surface area (Å²) in [6.45, 7) is -0.671. The number of nitrogens with one attached hydrogen (secondary N) is 1. The fourth-order valence-electron chi connectivity index (χ4n) is 2.12. The Hall–Kier alpha value is -3.26. The van der Waals surface area contributed by atoms with Crippen LogP contribution < -0.4 is 14.9 Å². The fourth-order valence-corrected chi connectivity index (χ4v) is 3.34. The molecule has 12 nitrogen and oxygen atoms in total. The van der Waals surface area contributed by atoms with E-state index >= 15 is 0 Å². The maximum Gasteiger partial charge on any atom is 0.321 e. The lowest BCUT2D eigenvalue weighted by Crippen LogP contribution is -2.25. The third-order valence-electron chi connectivity index (χ3n) is 3.44. The minimum atomic E-state index is -0.887. The second kappa shape index (κ2) is 9.98. The van der Waals surface area contributed by atoms with Crippen molar-refractivity contribution in [3.63, 3.8) is 0 Å². The molecule has 158 valence electrons. The standard InChI is InChI=1S/C16H12Br2N4O8/c1-29-13-5-9(21(25)26)4-12(22(27)28)16(13)30-7-14(23)20-19-6-8-2-10(17)15(24)11(18)3-8/h2-6,24H,7H2,1H3,(H,20,23). The van der Waals surface area contributed by atoms with Gasteiger partial charge in [-0.2, -0.15) is 5.10 Å². The van der Waals surface area contributed by atoms with Gasteiger partial charge in [0.15, 0.2) is 12.4 Å². The zero-order chi connectivity index (χ0) is 22.4. The highest BCUT2D eigenvalue weighted by molar-refractivity contribution is 9.11. The van der Waals surface area contributed by atoms with Gasteiger partial charge in [-0.15, -0.1) is 0 Å². The van der Waals surface area contributed by atoms with Crippen molar-refractivity contribution in [3.8, 4) is 17.2 Å². The molecule has 2 aromatic rings. The van der Waals surface area contributed by atoms with Crippen LogP contribution in [0.2, 0.25) is 0 Å². The quantitative estimate of drug-likeness (QED) is 0.288. The van der Waals surface area contributed by atoms with E-state index in [1.165, 1.54) is 6.21 Å². The molecule has 2 N–H and O–H groups in total. The number of nitrogens with zero attached hydrogens (tertiary/aromatic N) is 3. The third-order valence-corrected chi connectivity index (χ3v) is 4.65. The number of methoxy groups -OCH3 is 1. The number of nitro benzene ring substituents is 2. The summed E-state index contributed by atoms with van der Waals surface area (Å²) in [5.41, 5.74) is 1.42. The summed E-state index contributed by atoms with van der Waals surface area (Å²) < 4.78 is 10.9. The molecule has 0 aliphatic carbocycles. The van der Waals surface area contributed by atoms with E-state index < -0.39 is 39.5 Å². The van der Waals surface area contributed by atoms with Crippen molar-refractivity contribution in [2.75, 3.05) is 13.7 Å². The van der Waals surface area contributed by atoms with Crippen LogP contribution in [0.15, 0.2) is 38.3 Å². The Morgan fingerprint density at radius 3 is 2.37 bits per heavy atom. The number of benzene rings is 2. The molecule has 0 heterocycles. The predicted molar refractivity (Wildman–Crippen MR) is 111 cm³/mol. The monoisotopic (exact) mass is 546 g/mol. The number of carbonyl (C=O) groups excluding carboxylic acids is 1. The molecule has 14 heteroatoms. The van der Waals surface area contributed by atoms with Gasteiger partial charge in [-0.3, -0.25) is 25.0 Å². The van der Waals surface area contributed by atoms with Gasteiger partial charge in [0.1, 0.15) is 5.75 Å². The molecule has 0 radical (unpaired) electrons. The molecule has 2 aromatic carbocycles. The number of phenols is 1. The Bertz CT molecular complexity index is 1020. The summed E-state index contributed by atoms with van der Waals surface area (Å²) in [5.74, 6) is -1.45. The van der Waals surface area contributed by atoms with Gasteiger partial charge in [-0.1, -0.05) is 0 Å². The van der Waals surface area contributed by atoms with E-state index in [1.807, 2.05) is 0 Å². The van der Waals surface area contributed by atoms with Gasteiger partial charge in [-0.25, -0.2) is 5.43 Å². The van der Waals surface area contributed by atoms with Crippen molar-refractivity contribution >= 4 is 55.4 Å². The number of phenolic OH excluding ortho intramolecular Hbond substituents is 1. The molecular formula is C16H12Br2N4O8. The first-order valence-corrected chi connectivity index (χ1v) is 9.36. The van der Waals surface area contributed by atoms with E-state index in [0.717, 1.165) is 13.2 Å². The van der Waals surface area contributed by atoms with E-state index in [2.05, 4.69) is 42.4 Å². The lowest BCUT2D eigenvalue weighted by molar-refractivity contribution is -0.394. The summed E-state index contributed by atoms with van der Waals surface area (Å²) in [6.07, 6.45) is 1.29. The van der Waals surface area contributed by atoms with Crippen LogP contribution in [-0.2, 0) is 4.79 Å². The predicted octanol–water partition coefficient (Wildman–Crippen LogP) is 3.27. The molecule has 1 amide bonds. The molecule has 0 aliphatic rings. The summed E-state index contributed by atoms with van der Waals surface area (Å²) in [7, 11) is 1.15. The lowest BCUT2D eigenvalue weighted by atomic mass is 10.2. The zero-order valence-electron chi connectivity index (χ0n) is 15.0. The van der Waals surface area contributed by atoms with E-state index in [4.69, 9.17) is 9.47 Å². The molecule has 0 atom stereocenters. The van der Waals surface area contributed by atoms with E-state index in [1.54, 1.807) is 12.1 Å². The van der Waals surface area contributed by atoms with Crippen LogP contribution in [0.4, 0.5) is 11.4 Å². The number of halogens is 2. The molecule has 2 rings (SSSR count).